The highest BCUT2D eigenvalue weighted by atomic mass is 19.1. The molecule has 0 spiro atoms. The molecule has 0 fully saturated rings. The highest BCUT2D eigenvalue weighted by Gasteiger charge is 1.98. The first-order chi connectivity index (χ1) is 9.28. The summed E-state index contributed by atoms with van der Waals surface area (Å²) in [6.45, 7) is 4.98. The Balaban J connectivity index is 1.71. The fourth-order valence-electron chi connectivity index (χ4n) is 2.15. The summed E-state index contributed by atoms with van der Waals surface area (Å²) in [4.78, 5) is 0. The van der Waals surface area contributed by atoms with Crippen molar-refractivity contribution in [3.8, 4) is 0 Å². The van der Waals surface area contributed by atoms with Crippen LogP contribution < -0.4 is 5.32 Å². The number of benzene rings is 1. The molecule has 19 heavy (non-hydrogen) atoms. The molecular weight excluding hydrogens is 239 g/mol. The van der Waals surface area contributed by atoms with Gasteiger partial charge in [-0.2, -0.15) is 0 Å². The summed E-state index contributed by atoms with van der Waals surface area (Å²) in [5.41, 5.74) is 2.34. The van der Waals surface area contributed by atoms with Gasteiger partial charge in [0.1, 0.15) is 5.82 Å². The van der Waals surface area contributed by atoms with Crippen molar-refractivity contribution in [2.45, 2.75) is 32.9 Å². The Morgan fingerprint density at radius 1 is 1.21 bits per heavy atom. The van der Waals surface area contributed by atoms with E-state index in [1.54, 1.807) is 12.1 Å². The highest BCUT2D eigenvalue weighted by Crippen LogP contribution is 2.04. The molecule has 0 aliphatic rings. The minimum absolute atomic E-state index is 0.158. The molecule has 3 heteroatoms. The quantitative estimate of drug-likeness (QED) is 0.755. The van der Waals surface area contributed by atoms with Crippen LogP contribution in [0.5, 0.6) is 0 Å². The number of aromatic nitrogens is 1. The van der Waals surface area contributed by atoms with E-state index in [0.29, 0.717) is 0 Å². The van der Waals surface area contributed by atoms with Gasteiger partial charge in [0.05, 0.1) is 0 Å². The number of halogens is 1. The summed E-state index contributed by atoms with van der Waals surface area (Å²) in [5.74, 6) is -0.158. The Morgan fingerprint density at radius 3 is 2.89 bits per heavy atom. The summed E-state index contributed by atoms with van der Waals surface area (Å²) < 4.78 is 15.2. The Labute approximate surface area is 114 Å². The van der Waals surface area contributed by atoms with Crippen LogP contribution in [0.3, 0.4) is 0 Å². The van der Waals surface area contributed by atoms with Crippen molar-refractivity contribution >= 4 is 0 Å². The van der Waals surface area contributed by atoms with E-state index < -0.39 is 0 Å². The van der Waals surface area contributed by atoms with Gasteiger partial charge in [0.2, 0.25) is 0 Å². The maximum Gasteiger partial charge on any atom is 0.123 e. The van der Waals surface area contributed by atoms with Crippen LogP contribution >= 0.6 is 0 Å². The number of nitrogens with one attached hydrogen (secondary N) is 1. The van der Waals surface area contributed by atoms with Gasteiger partial charge in [-0.15, -0.1) is 0 Å². The van der Waals surface area contributed by atoms with Crippen LogP contribution in [0.4, 0.5) is 4.39 Å². The molecule has 1 N–H and O–H groups in total. The number of rotatable bonds is 7. The van der Waals surface area contributed by atoms with Crippen molar-refractivity contribution in [2.24, 2.45) is 0 Å². The summed E-state index contributed by atoms with van der Waals surface area (Å²) in [7, 11) is 0. The number of nitrogens with zero attached hydrogens (tertiary/aromatic N) is 1. The van der Waals surface area contributed by atoms with Gasteiger partial charge in [-0.3, -0.25) is 0 Å². The molecule has 0 saturated heterocycles. The third kappa shape index (κ3) is 4.52. The van der Waals surface area contributed by atoms with E-state index in [4.69, 9.17) is 0 Å². The summed E-state index contributed by atoms with van der Waals surface area (Å²) >= 11 is 0. The molecule has 0 radical (unpaired) electrons. The standard InChI is InChI=1S/C16H21FN2/c1-2-9-19-10-7-15(13-19)12-18-8-6-14-4-3-5-16(17)11-14/h3-5,7,10-11,13,18H,2,6,8-9,12H2,1H3. The molecule has 1 heterocycles. The van der Waals surface area contributed by atoms with Crippen molar-refractivity contribution in [3.63, 3.8) is 0 Å². The second-order valence-electron chi connectivity index (χ2n) is 4.81. The second kappa shape index (κ2) is 7.10. The monoisotopic (exact) mass is 260 g/mol. The van der Waals surface area contributed by atoms with Gasteiger partial charge in [0.15, 0.2) is 0 Å². The topological polar surface area (TPSA) is 17.0 Å². The molecule has 0 saturated carbocycles. The molecule has 2 rings (SSSR count). The predicted molar refractivity (Wildman–Crippen MR) is 76.5 cm³/mol. The van der Waals surface area contributed by atoms with E-state index >= 15 is 0 Å². The van der Waals surface area contributed by atoms with E-state index in [1.165, 1.54) is 11.6 Å². The van der Waals surface area contributed by atoms with E-state index in [2.05, 4.69) is 35.3 Å². The van der Waals surface area contributed by atoms with Crippen molar-refractivity contribution < 1.29 is 4.39 Å². The van der Waals surface area contributed by atoms with Gasteiger partial charge in [-0.1, -0.05) is 19.1 Å². The van der Waals surface area contributed by atoms with Crippen LogP contribution in [-0.2, 0) is 19.5 Å². The molecule has 0 bridgehead atoms. The Morgan fingerprint density at radius 2 is 2.11 bits per heavy atom. The third-order valence-corrected chi connectivity index (χ3v) is 3.10. The number of hydrogen-bond acceptors (Lipinski definition) is 1. The number of hydrogen-bond donors (Lipinski definition) is 1. The molecule has 0 aliphatic heterocycles. The van der Waals surface area contributed by atoms with Crippen LogP contribution in [0.15, 0.2) is 42.7 Å². The van der Waals surface area contributed by atoms with Gasteiger partial charge in [-0.05, 0) is 48.7 Å². The largest absolute Gasteiger partial charge is 0.354 e. The van der Waals surface area contributed by atoms with Crippen LogP contribution in [0.1, 0.15) is 24.5 Å². The van der Waals surface area contributed by atoms with Crippen LogP contribution in [-0.4, -0.2) is 11.1 Å². The maximum atomic E-state index is 13.0. The van der Waals surface area contributed by atoms with E-state index in [-0.39, 0.29) is 5.82 Å². The lowest BCUT2D eigenvalue weighted by Gasteiger charge is -2.04. The normalized spacial score (nSPS) is 10.8. The lowest BCUT2D eigenvalue weighted by molar-refractivity contribution is 0.622. The van der Waals surface area contributed by atoms with Crippen LogP contribution in [0.25, 0.3) is 0 Å². The molecule has 2 nitrogen and oxygen atoms in total. The minimum atomic E-state index is -0.158. The zero-order valence-electron chi connectivity index (χ0n) is 11.4. The molecule has 1 aromatic heterocycles. The zero-order chi connectivity index (χ0) is 13.5. The Hall–Kier alpha value is -1.61. The van der Waals surface area contributed by atoms with Gasteiger partial charge < -0.3 is 9.88 Å². The Bertz CT molecular complexity index is 505. The minimum Gasteiger partial charge on any atom is -0.354 e. The first kappa shape index (κ1) is 13.8. The van der Waals surface area contributed by atoms with E-state index in [0.717, 1.165) is 38.0 Å². The second-order valence-corrected chi connectivity index (χ2v) is 4.81. The summed E-state index contributed by atoms with van der Waals surface area (Å²) in [6.07, 6.45) is 6.31. The lowest BCUT2D eigenvalue weighted by Crippen LogP contribution is -2.16. The molecule has 0 aliphatic carbocycles. The molecular formula is C16H21FN2. The van der Waals surface area contributed by atoms with Gasteiger partial charge in [-0.25, -0.2) is 4.39 Å². The smallest absolute Gasteiger partial charge is 0.123 e. The van der Waals surface area contributed by atoms with E-state index in [1.807, 2.05) is 6.07 Å². The summed E-state index contributed by atoms with van der Waals surface area (Å²) in [5, 5.41) is 3.39. The molecule has 0 unspecified atom stereocenters. The fraction of sp³-hybridized carbons (Fsp3) is 0.375. The molecule has 0 atom stereocenters. The lowest BCUT2D eigenvalue weighted by atomic mass is 10.1. The summed E-state index contributed by atoms with van der Waals surface area (Å²) in [6, 6.07) is 8.94. The highest BCUT2D eigenvalue weighted by molar-refractivity contribution is 5.16. The zero-order valence-corrected chi connectivity index (χ0v) is 11.4. The third-order valence-electron chi connectivity index (χ3n) is 3.10. The number of aryl methyl sites for hydroxylation is 1. The van der Waals surface area contributed by atoms with Gasteiger partial charge >= 0.3 is 0 Å². The average Bonchev–Trinajstić information content (AvgIpc) is 2.83. The first-order valence-corrected chi connectivity index (χ1v) is 6.87. The van der Waals surface area contributed by atoms with Crippen molar-refractivity contribution in [3.05, 3.63) is 59.7 Å². The van der Waals surface area contributed by atoms with Crippen molar-refractivity contribution in [1.29, 1.82) is 0 Å². The maximum absolute atomic E-state index is 13.0. The molecule has 102 valence electrons. The van der Waals surface area contributed by atoms with E-state index in [9.17, 15) is 4.39 Å². The molecule has 2 aromatic rings. The Kier molecular flexibility index (Phi) is 5.16. The van der Waals surface area contributed by atoms with Crippen LogP contribution in [0.2, 0.25) is 0 Å². The van der Waals surface area contributed by atoms with Gasteiger partial charge in [0, 0.05) is 25.5 Å². The molecule has 0 amide bonds. The SMILES string of the molecule is CCCn1ccc(CNCCc2cccc(F)c2)c1. The first-order valence-electron chi connectivity index (χ1n) is 6.87. The van der Waals surface area contributed by atoms with Crippen LogP contribution in [0, 0.1) is 5.82 Å². The molecule has 1 aromatic carbocycles. The van der Waals surface area contributed by atoms with Gasteiger partial charge in [0.25, 0.3) is 0 Å². The van der Waals surface area contributed by atoms with Crippen molar-refractivity contribution in [2.75, 3.05) is 6.54 Å². The predicted octanol–water partition coefficient (Wildman–Crippen LogP) is 3.37. The fourth-order valence-corrected chi connectivity index (χ4v) is 2.15. The average molecular weight is 260 g/mol. The van der Waals surface area contributed by atoms with Crippen molar-refractivity contribution in [1.82, 2.24) is 9.88 Å².